The fourth-order valence-electron chi connectivity index (χ4n) is 4.32. The van der Waals surface area contributed by atoms with Gasteiger partial charge in [0.15, 0.2) is 23.3 Å². The molecule has 1 aliphatic rings. The Labute approximate surface area is 203 Å². The van der Waals surface area contributed by atoms with Crippen LogP contribution in [0.1, 0.15) is 24.7 Å². The fraction of sp³-hybridized carbons (Fsp3) is 0.231. The zero-order valence-electron chi connectivity index (χ0n) is 19.2. The molecular formula is C26H21F4N3O3. The molecule has 0 bridgehead atoms. The van der Waals surface area contributed by atoms with Crippen LogP contribution in [0.3, 0.4) is 0 Å². The van der Waals surface area contributed by atoms with E-state index >= 15 is 0 Å². The van der Waals surface area contributed by atoms with Gasteiger partial charge in [0.1, 0.15) is 28.8 Å². The van der Waals surface area contributed by atoms with Crippen LogP contribution in [-0.4, -0.2) is 29.8 Å². The maximum Gasteiger partial charge on any atom is 0.255 e. The van der Waals surface area contributed by atoms with Gasteiger partial charge in [0.25, 0.3) is 5.56 Å². The Kier molecular flexibility index (Phi) is 6.36. The smallest absolute Gasteiger partial charge is 0.255 e. The fourth-order valence-corrected chi connectivity index (χ4v) is 4.32. The highest BCUT2D eigenvalue weighted by Crippen LogP contribution is 2.38. The minimum Gasteiger partial charge on any atom is -0.497 e. The van der Waals surface area contributed by atoms with Gasteiger partial charge in [-0.25, -0.2) is 22.5 Å². The van der Waals surface area contributed by atoms with Crippen LogP contribution in [0, 0.1) is 23.3 Å². The van der Waals surface area contributed by atoms with Crippen LogP contribution in [0.2, 0.25) is 0 Å². The molecule has 1 N–H and O–H groups in total. The Morgan fingerprint density at radius 3 is 2.39 bits per heavy atom. The van der Waals surface area contributed by atoms with Crippen LogP contribution >= 0.6 is 0 Å². The molecule has 4 aromatic rings. The SMILES string of the molecule is COc1cc(F)c(-n2cc(-c3nc(C4CCNCC4)oc3-c3ccc(F)cc3F)ccc2=O)c(F)c1. The number of hydrogen-bond acceptors (Lipinski definition) is 5. The molecule has 10 heteroatoms. The number of ether oxygens (including phenoxy) is 1. The number of benzene rings is 2. The summed E-state index contributed by atoms with van der Waals surface area (Å²) in [7, 11) is 1.27. The number of piperidine rings is 1. The van der Waals surface area contributed by atoms with Crippen LogP contribution in [0.5, 0.6) is 5.75 Å². The van der Waals surface area contributed by atoms with Gasteiger partial charge in [-0.05, 0) is 44.1 Å². The first kappa shape index (κ1) is 23.8. The molecule has 0 radical (unpaired) electrons. The zero-order chi connectivity index (χ0) is 25.4. The summed E-state index contributed by atoms with van der Waals surface area (Å²) in [5.74, 6) is -3.32. The number of rotatable bonds is 5. The second-order valence-corrected chi connectivity index (χ2v) is 8.44. The highest BCUT2D eigenvalue weighted by atomic mass is 19.1. The van der Waals surface area contributed by atoms with E-state index in [1.807, 2.05) is 0 Å². The molecule has 1 saturated heterocycles. The van der Waals surface area contributed by atoms with E-state index in [2.05, 4.69) is 10.3 Å². The molecule has 0 amide bonds. The van der Waals surface area contributed by atoms with E-state index in [4.69, 9.17) is 9.15 Å². The van der Waals surface area contributed by atoms with Gasteiger partial charge in [-0.2, -0.15) is 0 Å². The first-order valence-corrected chi connectivity index (χ1v) is 11.3. The lowest BCUT2D eigenvalue weighted by Crippen LogP contribution is -2.26. The summed E-state index contributed by atoms with van der Waals surface area (Å²) in [5.41, 5.74) is -0.903. The largest absolute Gasteiger partial charge is 0.497 e. The van der Waals surface area contributed by atoms with E-state index in [0.717, 1.165) is 60.8 Å². The van der Waals surface area contributed by atoms with Gasteiger partial charge in [-0.3, -0.25) is 9.36 Å². The molecule has 3 heterocycles. The van der Waals surface area contributed by atoms with Crippen LogP contribution < -0.4 is 15.6 Å². The van der Waals surface area contributed by atoms with E-state index in [-0.39, 0.29) is 34.2 Å². The van der Waals surface area contributed by atoms with Gasteiger partial charge >= 0.3 is 0 Å². The molecule has 0 atom stereocenters. The zero-order valence-corrected chi connectivity index (χ0v) is 19.2. The highest BCUT2D eigenvalue weighted by Gasteiger charge is 2.27. The van der Waals surface area contributed by atoms with E-state index in [9.17, 15) is 22.4 Å². The van der Waals surface area contributed by atoms with Gasteiger partial charge in [0.2, 0.25) is 0 Å². The molecule has 5 rings (SSSR count). The third-order valence-corrected chi connectivity index (χ3v) is 6.16. The number of aromatic nitrogens is 2. The quantitative estimate of drug-likeness (QED) is 0.383. The van der Waals surface area contributed by atoms with Crippen molar-refractivity contribution in [2.45, 2.75) is 18.8 Å². The first-order valence-electron chi connectivity index (χ1n) is 11.3. The van der Waals surface area contributed by atoms with E-state index in [1.54, 1.807) is 0 Å². The molecular weight excluding hydrogens is 478 g/mol. The molecule has 0 aliphatic carbocycles. The molecule has 2 aromatic carbocycles. The topological polar surface area (TPSA) is 69.3 Å². The van der Waals surface area contributed by atoms with Crippen LogP contribution in [0.25, 0.3) is 28.3 Å². The molecule has 1 fully saturated rings. The Hall–Kier alpha value is -3.92. The van der Waals surface area contributed by atoms with Crippen molar-refractivity contribution >= 4 is 0 Å². The molecule has 0 unspecified atom stereocenters. The summed E-state index contributed by atoms with van der Waals surface area (Å²) in [6.07, 6.45) is 2.70. The third kappa shape index (κ3) is 4.39. The lowest BCUT2D eigenvalue weighted by Gasteiger charge is -2.19. The molecule has 0 saturated carbocycles. The lowest BCUT2D eigenvalue weighted by atomic mass is 9.98. The Bertz CT molecular complexity index is 1470. The molecule has 36 heavy (non-hydrogen) atoms. The van der Waals surface area contributed by atoms with Gasteiger partial charge in [0, 0.05) is 41.9 Å². The number of pyridine rings is 1. The Balaban J connectivity index is 1.69. The average Bonchev–Trinajstić information content (AvgIpc) is 3.30. The van der Waals surface area contributed by atoms with E-state index < -0.39 is 34.5 Å². The van der Waals surface area contributed by atoms with Crippen molar-refractivity contribution in [2.24, 2.45) is 0 Å². The molecule has 1 aliphatic heterocycles. The number of halogens is 4. The summed E-state index contributed by atoms with van der Waals surface area (Å²) in [6.45, 7) is 1.51. The second kappa shape index (κ2) is 9.62. The van der Waals surface area contributed by atoms with Gasteiger partial charge in [-0.1, -0.05) is 0 Å². The minimum absolute atomic E-state index is 0.0290. The minimum atomic E-state index is -1.01. The first-order chi connectivity index (χ1) is 17.4. The van der Waals surface area contributed by atoms with Crippen LogP contribution in [0.4, 0.5) is 17.6 Å². The second-order valence-electron chi connectivity index (χ2n) is 8.44. The summed E-state index contributed by atoms with van der Waals surface area (Å²) in [4.78, 5) is 17.2. The maximum atomic E-state index is 14.8. The van der Waals surface area contributed by atoms with Crippen molar-refractivity contribution in [3.63, 3.8) is 0 Å². The lowest BCUT2D eigenvalue weighted by molar-refractivity contribution is 0.378. The Morgan fingerprint density at radius 1 is 1.00 bits per heavy atom. The van der Waals surface area contributed by atoms with Crippen molar-refractivity contribution < 1.29 is 26.7 Å². The van der Waals surface area contributed by atoms with Crippen LogP contribution in [-0.2, 0) is 0 Å². The average molecular weight is 499 g/mol. The predicted octanol–water partition coefficient (Wildman–Crippen LogP) is 5.19. The maximum absolute atomic E-state index is 14.8. The van der Waals surface area contributed by atoms with Gasteiger partial charge < -0.3 is 14.5 Å². The monoisotopic (exact) mass is 499 g/mol. The molecule has 186 valence electrons. The molecule has 6 nitrogen and oxygen atoms in total. The Morgan fingerprint density at radius 2 is 1.72 bits per heavy atom. The van der Waals surface area contributed by atoms with Gasteiger partial charge in [-0.15, -0.1) is 0 Å². The summed E-state index contributed by atoms with van der Waals surface area (Å²) >= 11 is 0. The van der Waals surface area contributed by atoms with Crippen molar-refractivity contribution in [3.8, 4) is 34.0 Å². The van der Waals surface area contributed by atoms with Gasteiger partial charge in [0.05, 0.1) is 12.7 Å². The highest BCUT2D eigenvalue weighted by molar-refractivity contribution is 5.77. The number of nitrogens with zero attached hydrogens (tertiary/aromatic N) is 2. The van der Waals surface area contributed by atoms with Crippen LogP contribution in [0.15, 0.2) is 57.9 Å². The molecule has 0 spiro atoms. The standard InChI is InChI=1S/C26H21F4N3O3/c1-35-17-11-20(29)24(21(30)12-17)33-13-15(2-5-22(33)34)23-25(18-4-3-16(27)10-19(18)28)36-26(32-23)14-6-8-31-9-7-14/h2-5,10-14,31H,6-9H2,1H3. The van der Waals surface area contributed by atoms with E-state index in [0.29, 0.717) is 5.89 Å². The number of oxazole rings is 1. The van der Waals surface area contributed by atoms with Crippen molar-refractivity contribution in [1.82, 2.24) is 14.9 Å². The summed E-state index contributed by atoms with van der Waals surface area (Å²) in [5, 5.41) is 3.25. The predicted molar refractivity (Wildman–Crippen MR) is 124 cm³/mol. The summed E-state index contributed by atoms with van der Waals surface area (Å²) < 4.78 is 69.6. The van der Waals surface area contributed by atoms with E-state index in [1.165, 1.54) is 25.4 Å². The molecule has 2 aromatic heterocycles. The number of nitrogens with one attached hydrogen (secondary N) is 1. The van der Waals surface area contributed by atoms with Crippen molar-refractivity contribution in [1.29, 1.82) is 0 Å². The summed E-state index contributed by atoms with van der Waals surface area (Å²) in [6, 6.07) is 7.52. The van der Waals surface area contributed by atoms with Crippen molar-refractivity contribution in [3.05, 3.63) is 88.2 Å². The number of methoxy groups -OCH3 is 1. The number of hydrogen-bond donors (Lipinski definition) is 1. The van der Waals surface area contributed by atoms with Crippen molar-refractivity contribution in [2.75, 3.05) is 20.2 Å². The normalized spacial score (nSPS) is 14.2. The third-order valence-electron chi connectivity index (χ3n) is 6.16.